The summed E-state index contributed by atoms with van der Waals surface area (Å²) in [6.07, 6.45) is 2.16. The molecule has 0 saturated heterocycles. The molecule has 2 heteroatoms. The second kappa shape index (κ2) is 4.57. The van der Waals surface area contributed by atoms with Crippen LogP contribution in [-0.4, -0.2) is 4.57 Å². The van der Waals surface area contributed by atoms with E-state index in [1.165, 1.54) is 22.5 Å². The van der Waals surface area contributed by atoms with E-state index in [4.69, 9.17) is 0 Å². The van der Waals surface area contributed by atoms with Gasteiger partial charge in [-0.3, -0.25) is 0 Å². The van der Waals surface area contributed by atoms with Crippen molar-refractivity contribution in [1.29, 1.82) is 0 Å². The van der Waals surface area contributed by atoms with E-state index in [2.05, 4.69) is 82.8 Å². The Labute approximate surface area is 118 Å². The average molecular weight is 260 g/mol. The highest BCUT2D eigenvalue weighted by Gasteiger charge is 2.21. The molecule has 2 aromatic carbocycles. The van der Waals surface area contributed by atoms with Crippen molar-refractivity contribution in [2.24, 2.45) is 0 Å². The molecule has 0 aliphatic carbocycles. The normalized spacial score (nSPS) is 16.7. The average Bonchev–Trinajstić information content (AvgIpc) is 2.89. The summed E-state index contributed by atoms with van der Waals surface area (Å²) < 4.78 is 2.33. The fraction of sp³-hybridized carbons (Fsp3) is 0.111. The number of rotatable bonds is 1. The van der Waals surface area contributed by atoms with Gasteiger partial charge in [0.2, 0.25) is 0 Å². The Morgan fingerprint density at radius 2 is 1.65 bits per heavy atom. The van der Waals surface area contributed by atoms with Crippen LogP contribution in [0.15, 0.2) is 72.9 Å². The van der Waals surface area contributed by atoms with E-state index in [1.54, 1.807) is 0 Å². The Morgan fingerprint density at radius 1 is 0.850 bits per heavy atom. The van der Waals surface area contributed by atoms with Crippen molar-refractivity contribution in [2.75, 3.05) is 5.32 Å². The second-order valence-corrected chi connectivity index (χ2v) is 5.21. The molecule has 1 aromatic heterocycles. The van der Waals surface area contributed by atoms with Crippen LogP contribution >= 0.6 is 0 Å². The summed E-state index contributed by atoms with van der Waals surface area (Å²) in [7, 11) is 0. The van der Waals surface area contributed by atoms with E-state index in [0.717, 1.165) is 6.54 Å². The number of benzene rings is 2. The van der Waals surface area contributed by atoms with Crippen molar-refractivity contribution in [3.8, 4) is 0 Å². The van der Waals surface area contributed by atoms with Gasteiger partial charge in [-0.25, -0.2) is 0 Å². The molecule has 2 nitrogen and oxygen atoms in total. The third-order valence-electron chi connectivity index (χ3n) is 3.95. The molecular weight excluding hydrogens is 244 g/mol. The Hall–Kier alpha value is -2.48. The molecule has 1 N–H and O–H groups in total. The van der Waals surface area contributed by atoms with Crippen LogP contribution in [0, 0.1) is 0 Å². The minimum atomic E-state index is 0.204. The van der Waals surface area contributed by atoms with E-state index in [0.29, 0.717) is 0 Å². The molecule has 20 heavy (non-hydrogen) atoms. The number of hydrogen-bond acceptors (Lipinski definition) is 1. The molecule has 1 aliphatic heterocycles. The summed E-state index contributed by atoms with van der Waals surface area (Å²) in [4.78, 5) is 0. The summed E-state index contributed by atoms with van der Waals surface area (Å²) >= 11 is 0. The predicted molar refractivity (Wildman–Crippen MR) is 81.9 cm³/mol. The molecule has 0 amide bonds. The second-order valence-electron chi connectivity index (χ2n) is 5.21. The van der Waals surface area contributed by atoms with Crippen LogP contribution in [0.25, 0.3) is 0 Å². The maximum Gasteiger partial charge on any atom is 0.0919 e. The van der Waals surface area contributed by atoms with Crippen LogP contribution in [0.4, 0.5) is 5.69 Å². The van der Waals surface area contributed by atoms with Crippen molar-refractivity contribution in [2.45, 2.75) is 12.6 Å². The fourth-order valence-corrected chi connectivity index (χ4v) is 2.94. The van der Waals surface area contributed by atoms with Crippen molar-refractivity contribution in [3.63, 3.8) is 0 Å². The van der Waals surface area contributed by atoms with Crippen molar-refractivity contribution in [3.05, 3.63) is 89.7 Å². The SMILES string of the molecule is c1ccc(C2Nc3ccccc3Cn3cccc32)cc1. The van der Waals surface area contributed by atoms with E-state index < -0.39 is 0 Å². The topological polar surface area (TPSA) is 17.0 Å². The third kappa shape index (κ3) is 1.81. The van der Waals surface area contributed by atoms with Gasteiger partial charge in [0, 0.05) is 24.1 Å². The van der Waals surface area contributed by atoms with Gasteiger partial charge in [-0.15, -0.1) is 0 Å². The summed E-state index contributed by atoms with van der Waals surface area (Å²) in [6, 6.07) is 23.7. The number of fused-ring (bicyclic) bond motifs is 2. The maximum absolute atomic E-state index is 3.70. The van der Waals surface area contributed by atoms with Gasteiger partial charge in [0.1, 0.15) is 0 Å². The minimum absolute atomic E-state index is 0.204. The Balaban J connectivity index is 1.88. The van der Waals surface area contributed by atoms with Gasteiger partial charge in [0.05, 0.1) is 6.04 Å². The molecule has 3 aromatic rings. The highest BCUT2D eigenvalue weighted by atomic mass is 15.1. The number of nitrogens with one attached hydrogen (secondary N) is 1. The highest BCUT2D eigenvalue weighted by Crippen LogP contribution is 2.32. The van der Waals surface area contributed by atoms with Crippen LogP contribution < -0.4 is 5.32 Å². The molecule has 0 spiro atoms. The van der Waals surface area contributed by atoms with Crippen LogP contribution in [0.3, 0.4) is 0 Å². The molecule has 0 fully saturated rings. The molecule has 0 bridgehead atoms. The van der Waals surface area contributed by atoms with Gasteiger partial charge < -0.3 is 9.88 Å². The molecule has 2 heterocycles. The van der Waals surface area contributed by atoms with Crippen LogP contribution in [0.5, 0.6) is 0 Å². The Morgan fingerprint density at radius 3 is 2.55 bits per heavy atom. The largest absolute Gasteiger partial charge is 0.373 e. The maximum atomic E-state index is 3.70. The number of anilines is 1. The van der Waals surface area contributed by atoms with E-state index in [9.17, 15) is 0 Å². The molecule has 1 unspecified atom stereocenters. The molecule has 4 rings (SSSR count). The molecule has 0 radical (unpaired) electrons. The minimum Gasteiger partial charge on any atom is -0.373 e. The lowest BCUT2D eigenvalue weighted by atomic mass is 10.0. The first-order chi connectivity index (χ1) is 9.92. The number of nitrogens with zero attached hydrogens (tertiary/aromatic N) is 1. The molecule has 98 valence electrons. The van der Waals surface area contributed by atoms with Gasteiger partial charge in [-0.1, -0.05) is 48.5 Å². The first-order valence-electron chi connectivity index (χ1n) is 6.96. The first kappa shape index (κ1) is 11.4. The van der Waals surface area contributed by atoms with Crippen molar-refractivity contribution >= 4 is 5.69 Å². The fourth-order valence-electron chi connectivity index (χ4n) is 2.94. The third-order valence-corrected chi connectivity index (χ3v) is 3.95. The lowest BCUT2D eigenvalue weighted by Crippen LogP contribution is -2.13. The standard InChI is InChI=1S/C18H16N2/c1-2-7-14(8-3-1)18-17-11-6-12-20(17)13-15-9-4-5-10-16(15)19-18/h1-12,18-19H,13H2. The van der Waals surface area contributed by atoms with Crippen LogP contribution in [0.1, 0.15) is 22.9 Å². The lowest BCUT2D eigenvalue weighted by Gasteiger charge is -2.19. The highest BCUT2D eigenvalue weighted by molar-refractivity contribution is 5.56. The van der Waals surface area contributed by atoms with Crippen molar-refractivity contribution < 1.29 is 0 Å². The number of para-hydroxylation sites is 1. The zero-order chi connectivity index (χ0) is 13.4. The summed E-state index contributed by atoms with van der Waals surface area (Å²) in [6.45, 7) is 0.925. The van der Waals surface area contributed by atoms with Crippen molar-refractivity contribution in [1.82, 2.24) is 4.57 Å². The van der Waals surface area contributed by atoms with Gasteiger partial charge in [-0.2, -0.15) is 0 Å². The molecule has 0 saturated carbocycles. The number of aromatic nitrogens is 1. The smallest absolute Gasteiger partial charge is 0.0919 e. The molecule has 1 aliphatic rings. The van der Waals surface area contributed by atoms with E-state index in [1.807, 2.05) is 0 Å². The van der Waals surface area contributed by atoms with E-state index in [-0.39, 0.29) is 6.04 Å². The Bertz CT molecular complexity index is 728. The quantitative estimate of drug-likeness (QED) is 0.698. The molecular formula is C18H16N2. The van der Waals surface area contributed by atoms with Crippen LogP contribution in [-0.2, 0) is 6.54 Å². The van der Waals surface area contributed by atoms with Gasteiger partial charge in [-0.05, 0) is 29.3 Å². The van der Waals surface area contributed by atoms with Crippen LogP contribution in [0.2, 0.25) is 0 Å². The number of hydrogen-bond donors (Lipinski definition) is 1. The predicted octanol–water partition coefficient (Wildman–Crippen LogP) is 4.05. The zero-order valence-corrected chi connectivity index (χ0v) is 11.2. The van der Waals surface area contributed by atoms with Gasteiger partial charge in [0.25, 0.3) is 0 Å². The summed E-state index contributed by atoms with van der Waals surface area (Å²) in [5.74, 6) is 0. The van der Waals surface area contributed by atoms with Gasteiger partial charge >= 0.3 is 0 Å². The summed E-state index contributed by atoms with van der Waals surface area (Å²) in [5.41, 5.74) is 5.17. The first-order valence-corrected chi connectivity index (χ1v) is 6.96. The zero-order valence-electron chi connectivity index (χ0n) is 11.2. The Kier molecular flexibility index (Phi) is 2.59. The molecule has 1 atom stereocenters. The monoisotopic (exact) mass is 260 g/mol. The van der Waals surface area contributed by atoms with Gasteiger partial charge in [0.15, 0.2) is 0 Å². The van der Waals surface area contributed by atoms with E-state index >= 15 is 0 Å². The summed E-state index contributed by atoms with van der Waals surface area (Å²) in [5, 5.41) is 3.70. The lowest BCUT2D eigenvalue weighted by molar-refractivity contribution is 0.740.